The van der Waals surface area contributed by atoms with Crippen molar-refractivity contribution in [2.24, 2.45) is 0 Å². The molecular weight excluding hydrogens is 460 g/mol. The Bertz CT molecular complexity index is 1110. The summed E-state index contributed by atoms with van der Waals surface area (Å²) in [7, 11) is 0. The molecule has 0 spiro atoms. The SMILES string of the molecule is CCCN(CC(=O)N1CCc2sccc2C1c1ccc(C(C)(C)C)cc1)C(=O)Cc1cccs1. The van der Waals surface area contributed by atoms with Crippen molar-refractivity contribution in [3.8, 4) is 0 Å². The molecule has 2 amide bonds. The average Bonchev–Trinajstić information content (AvgIpc) is 3.49. The number of nitrogens with zero attached hydrogens (tertiary/aromatic N) is 2. The summed E-state index contributed by atoms with van der Waals surface area (Å²) < 4.78 is 0. The molecule has 1 atom stereocenters. The van der Waals surface area contributed by atoms with E-state index in [0.717, 1.165) is 23.3 Å². The van der Waals surface area contributed by atoms with Crippen LogP contribution in [0, 0.1) is 0 Å². The van der Waals surface area contributed by atoms with Crippen molar-refractivity contribution in [1.29, 1.82) is 0 Å². The molecule has 34 heavy (non-hydrogen) atoms. The van der Waals surface area contributed by atoms with Gasteiger partial charge in [-0.1, -0.05) is 58.0 Å². The summed E-state index contributed by atoms with van der Waals surface area (Å²) in [6.45, 7) is 10.1. The Labute approximate surface area is 211 Å². The third-order valence-electron chi connectivity index (χ3n) is 6.46. The first-order valence-electron chi connectivity index (χ1n) is 12.0. The molecule has 0 radical (unpaired) electrons. The Morgan fingerprint density at radius 2 is 1.82 bits per heavy atom. The first-order chi connectivity index (χ1) is 16.3. The summed E-state index contributed by atoms with van der Waals surface area (Å²) in [4.78, 5) is 32.8. The lowest BCUT2D eigenvalue weighted by molar-refractivity contribution is -0.141. The first kappa shape index (κ1) is 24.7. The minimum Gasteiger partial charge on any atom is -0.333 e. The van der Waals surface area contributed by atoms with E-state index in [1.807, 2.05) is 29.3 Å². The number of amides is 2. The normalized spacial score (nSPS) is 15.8. The summed E-state index contributed by atoms with van der Waals surface area (Å²) in [5.41, 5.74) is 3.72. The summed E-state index contributed by atoms with van der Waals surface area (Å²) in [5.74, 6) is 0.0479. The van der Waals surface area contributed by atoms with Gasteiger partial charge in [-0.2, -0.15) is 0 Å². The van der Waals surface area contributed by atoms with Gasteiger partial charge in [-0.05, 0) is 57.8 Å². The van der Waals surface area contributed by atoms with Crippen LogP contribution in [0.4, 0.5) is 0 Å². The smallest absolute Gasteiger partial charge is 0.242 e. The van der Waals surface area contributed by atoms with Crippen molar-refractivity contribution in [2.75, 3.05) is 19.6 Å². The number of carbonyl (C=O) groups excluding carboxylic acids is 2. The zero-order chi connectivity index (χ0) is 24.3. The summed E-state index contributed by atoms with van der Waals surface area (Å²) >= 11 is 3.36. The van der Waals surface area contributed by atoms with Gasteiger partial charge in [0.25, 0.3) is 0 Å². The Hall–Kier alpha value is -2.44. The average molecular weight is 495 g/mol. The van der Waals surface area contributed by atoms with E-state index in [0.29, 0.717) is 19.5 Å². The number of hydrogen-bond donors (Lipinski definition) is 0. The molecule has 0 aliphatic carbocycles. The van der Waals surface area contributed by atoms with Crippen LogP contribution in [-0.2, 0) is 27.8 Å². The van der Waals surface area contributed by atoms with Crippen LogP contribution in [0.2, 0.25) is 0 Å². The highest BCUT2D eigenvalue weighted by Crippen LogP contribution is 2.38. The molecule has 3 heterocycles. The van der Waals surface area contributed by atoms with Gasteiger partial charge in [-0.3, -0.25) is 9.59 Å². The maximum absolute atomic E-state index is 13.7. The van der Waals surface area contributed by atoms with Crippen molar-refractivity contribution in [1.82, 2.24) is 9.80 Å². The molecule has 0 fully saturated rings. The molecule has 180 valence electrons. The van der Waals surface area contributed by atoms with Gasteiger partial charge in [-0.15, -0.1) is 22.7 Å². The molecule has 0 saturated heterocycles. The Kier molecular flexibility index (Phi) is 7.58. The van der Waals surface area contributed by atoms with E-state index in [-0.39, 0.29) is 29.8 Å². The van der Waals surface area contributed by atoms with Crippen LogP contribution in [0.5, 0.6) is 0 Å². The largest absolute Gasteiger partial charge is 0.333 e. The first-order valence-corrected chi connectivity index (χ1v) is 13.8. The molecule has 1 aliphatic heterocycles. The number of fused-ring (bicyclic) bond motifs is 1. The lowest BCUT2D eigenvalue weighted by atomic mass is 9.85. The topological polar surface area (TPSA) is 40.6 Å². The highest BCUT2D eigenvalue weighted by Gasteiger charge is 2.34. The van der Waals surface area contributed by atoms with E-state index in [2.05, 4.69) is 56.5 Å². The number of carbonyl (C=O) groups is 2. The van der Waals surface area contributed by atoms with E-state index < -0.39 is 0 Å². The fraction of sp³-hybridized carbons (Fsp3) is 0.429. The second kappa shape index (κ2) is 10.4. The minimum atomic E-state index is -0.104. The van der Waals surface area contributed by atoms with Crippen molar-refractivity contribution in [2.45, 2.75) is 58.4 Å². The number of hydrogen-bond acceptors (Lipinski definition) is 4. The Balaban J connectivity index is 1.58. The van der Waals surface area contributed by atoms with Gasteiger partial charge in [0, 0.05) is 22.8 Å². The quantitative estimate of drug-likeness (QED) is 0.400. The highest BCUT2D eigenvalue weighted by atomic mass is 32.1. The highest BCUT2D eigenvalue weighted by molar-refractivity contribution is 7.10. The zero-order valence-electron chi connectivity index (χ0n) is 20.5. The summed E-state index contributed by atoms with van der Waals surface area (Å²) in [5, 5.41) is 4.11. The molecule has 4 rings (SSSR count). The predicted molar refractivity (Wildman–Crippen MR) is 142 cm³/mol. The monoisotopic (exact) mass is 494 g/mol. The third kappa shape index (κ3) is 5.44. The van der Waals surface area contributed by atoms with Gasteiger partial charge in [0.05, 0.1) is 19.0 Å². The second-order valence-electron chi connectivity index (χ2n) is 9.98. The lowest BCUT2D eigenvalue weighted by Crippen LogP contribution is -2.47. The van der Waals surface area contributed by atoms with Gasteiger partial charge < -0.3 is 9.80 Å². The molecule has 6 heteroatoms. The van der Waals surface area contributed by atoms with Crippen LogP contribution in [0.3, 0.4) is 0 Å². The molecule has 0 bridgehead atoms. The fourth-order valence-electron chi connectivity index (χ4n) is 4.60. The molecule has 1 unspecified atom stereocenters. The lowest BCUT2D eigenvalue weighted by Gasteiger charge is -2.38. The standard InChI is InChI=1S/C28H34N2O2S2/c1-5-14-29(25(31)18-22-7-6-16-33-22)19-26(32)30-15-12-24-23(13-17-34-24)27(30)20-8-10-21(11-9-20)28(2,3)4/h6-11,13,16-17,27H,5,12,14-15,18-19H2,1-4H3. The van der Waals surface area contributed by atoms with Crippen molar-refractivity contribution in [3.63, 3.8) is 0 Å². The molecule has 0 saturated carbocycles. The molecule has 2 aromatic heterocycles. The van der Waals surface area contributed by atoms with E-state index in [4.69, 9.17) is 0 Å². The number of benzene rings is 1. The van der Waals surface area contributed by atoms with Crippen molar-refractivity contribution in [3.05, 3.63) is 79.7 Å². The molecule has 4 nitrogen and oxygen atoms in total. The van der Waals surface area contributed by atoms with E-state index in [1.54, 1.807) is 27.6 Å². The van der Waals surface area contributed by atoms with Gasteiger partial charge >= 0.3 is 0 Å². The van der Waals surface area contributed by atoms with Crippen molar-refractivity contribution >= 4 is 34.5 Å². The van der Waals surface area contributed by atoms with Crippen LogP contribution in [0.25, 0.3) is 0 Å². The molecule has 1 aliphatic rings. The maximum Gasteiger partial charge on any atom is 0.242 e. The van der Waals surface area contributed by atoms with Crippen LogP contribution in [0.15, 0.2) is 53.2 Å². The van der Waals surface area contributed by atoms with Crippen LogP contribution >= 0.6 is 22.7 Å². The Morgan fingerprint density at radius 3 is 2.47 bits per heavy atom. The number of rotatable bonds is 7. The fourth-order valence-corrected chi connectivity index (χ4v) is 6.20. The van der Waals surface area contributed by atoms with Crippen molar-refractivity contribution < 1.29 is 9.59 Å². The molecule has 3 aromatic rings. The van der Waals surface area contributed by atoms with Crippen LogP contribution in [0.1, 0.15) is 66.6 Å². The minimum absolute atomic E-state index is 0.0229. The van der Waals surface area contributed by atoms with Gasteiger partial charge in [0.1, 0.15) is 0 Å². The molecule has 0 N–H and O–H groups in total. The number of thiophene rings is 2. The van der Waals surface area contributed by atoms with E-state index >= 15 is 0 Å². The summed E-state index contributed by atoms with van der Waals surface area (Å²) in [6, 6.07) is 14.7. The third-order valence-corrected chi connectivity index (χ3v) is 8.33. The molecular formula is C28H34N2O2S2. The van der Waals surface area contributed by atoms with E-state index in [9.17, 15) is 9.59 Å². The van der Waals surface area contributed by atoms with E-state index in [1.165, 1.54) is 16.0 Å². The van der Waals surface area contributed by atoms with Crippen LogP contribution in [-0.4, -0.2) is 41.2 Å². The maximum atomic E-state index is 13.7. The zero-order valence-corrected chi connectivity index (χ0v) is 22.2. The second-order valence-corrected chi connectivity index (χ2v) is 12.0. The van der Waals surface area contributed by atoms with Gasteiger partial charge in [-0.25, -0.2) is 0 Å². The van der Waals surface area contributed by atoms with Gasteiger partial charge in [0.2, 0.25) is 11.8 Å². The predicted octanol–water partition coefficient (Wildman–Crippen LogP) is 6.06. The Morgan fingerprint density at radius 1 is 1.06 bits per heavy atom. The van der Waals surface area contributed by atoms with Crippen LogP contribution < -0.4 is 0 Å². The van der Waals surface area contributed by atoms with Gasteiger partial charge in [0.15, 0.2) is 0 Å². The molecule has 1 aromatic carbocycles. The summed E-state index contributed by atoms with van der Waals surface area (Å²) in [6.07, 6.45) is 2.05.